The van der Waals surface area contributed by atoms with Crippen molar-refractivity contribution in [3.05, 3.63) is 71.0 Å². The molecule has 26 heavy (non-hydrogen) atoms. The van der Waals surface area contributed by atoms with Crippen molar-refractivity contribution in [2.45, 2.75) is 26.1 Å². The Hall–Kier alpha value is -2.93. The normalized spacial score (nSPS) is 11.8. The molecule has 0 aliphatic heterocycles. The van der Waals surface area contributed by atoms with Crippen LogP contribution in [0.25, 0.3) is 0 Å². The maximum atomic E-state index is 12.2. The van der Waals surface area contributed by atoms with Crippen molar-refractivity contribution in [1.29, 1.82) is 0 Å². The summed E-state index contributed by atoms with van der Waals surface area (Å²) < 4.78 is 5.55. The summed E-state index contributed by atoms with van der Waals surface area (Å²) in [5, 5.41) is 15.4. The zero-order valence-electron chi connectivity index (χ0n) is 14.2. The summed E-state index contributed by atoms with van der Waals surface area (Å²) in [5.41, 5.74) is 0.925. The third-order valence-corrected chi connectivity index (χ3v) is 3.85. The summed E-state index contributed by atoms with van der Waals surface area (Å²) in [6.07, 6.45) is 0. The molecule has 0 aliphatic rings. The minimum absolute atomic E-state index is 0.0246. The lowest BCUT2D eigenvalue weighted by molar-refractivity contribution is -0.122. The lowest BCUT2D eigenvalue weighted by Gasteiger charge is -2.14. The van der Waals surface area contributed by atoms with Crippen molar-refractivity contribution >= 4 is 17.5 Å². The van der Waals surface area contributed by atoms with Gasteiger partial charge in [-0.3, -0.25) is 4.79 Å². The highest BCUT2D eigenvalue weighted by molar-refractivity contribution is 6.30. The van der Waals surface area contributed by atoms with E-state index >= 15 is 0 Å². The second-order valence-electron chi connectivity index (χ2n) is 5.68. The third kappa shape index (κ3) is 5.03. The van der Waals surface area contributed by atoms with Gasteiger partial charge in [0, 0.05) is 5.02 Å². The van der Waals surface area contributed by atoms with Gasteiger partial charge in [-0.25, -0.2) is 0 Å². The highest BCUT2D eigenvalue weighted by Crippen LogP contribution is 2.17. The molecule has 2 aromatic carbocycles. The van der Waals surface area contributed by atoms with Crippen LogP contribution in [0.2, 0.25) is 5.02 Å². The van der Waals surface area contributed by atoms with Gasteiger partial charge >= 0.3 is 0 Å². The first-order valence-corrected chi connectivity index (χ1v) is 8.47. The zero-order chi connectivity index (χ0) is 18.4. The monoisotopic (exact) mass is 371 g/mol. The predicted molar refractivity (Wildman–Crippen MR) is 96.6 cm³/mol. The number of hydrogen-bond acceptors (Lipinski definition) is 5. The van der Waals surface area contributed by atoms with Gasteiger partial charge in [-0.15, -0.1) is 10.2 Å². The average Bonchev–Trinajstić information content (AvgIpc) is 3.08. The van der Waals surface area contributed by atoms with Gasteiger partial charge in [-0.05, 0) is 42.0 Å². The van der Waals surface area contributed by atoms with Crippen molar-refractivity contribution < 1.29 is 9.53 Å². The highest BCUT2D eigenvalue weighted by atomic mass is 35.5. The molecule has 3 aromatic rings. The number of carbonyl (C=O) groups is 1. The van der Waals surface area contributed by atoms with Crippen LogP contribution in [0.15, 0.2) is 54.6 Å². The molecule has 0 fully saturated rings. The molecule has 0 spiro atoms. The Bertz CT molecular complexity index is 869. The molecular formula is C18H18ClN5O2. The molecule has 1 unspecified atom stereocenters. The number of carbonyl (C=O) groups excluding carboxylic acids is 1. The van der Waals surface area contributed by atoms with E-state index in [1.807, 2.05) is 55.5 Å². The molecule has 0 bridgehead atoms. The summed E-state index contributed by atoms with van der Waals surface area (Å²) in [6.45, 7) is 2.05. The highest BCUT2D eigenvalue weighted by Gasteiger charge is 2.12. The van der Waals surface area contributed by atoms with Crippen LogP contribution in [0.4, 0.5) is 0 Å². The van der Waals surface area contributed by atoms with E-state index in [0.717, 1.165) is 11.3 Å². The SMILES string of the molecule is CC(NC(=O)Cn1nnc(COc2ccccc2)n1)c1cccc(Cl)c1. The number of halogens is 1. The van der Waals surface area contributed by atoms with Gasteiger partial charge in [-0.2, -0.15) is 4.80 Å². The lowest BCUT2D eigenvalue weighted by atomic mass is 10.1. The smallest absolute Gasteiger partial charge is 0.244 e. The lowest BCUT2D eigenvalue weighted by Crippen LogP contribution is -2.30. The molecule has 1 aromatic heterocycles. The van der Waals surface area contributed by atoms with Crippen molar-refractivity contribution in [2.75, 3.05) is 0 Å². The van der Waals surface area contributed by atoms with Crippen molar-refractivity contribution in [3.8, 4) is 5.75 Å². The van der Waals surface area contributed by atoms with E-state index in [2.05, 4.69) is 20.7 Å². The molecule has 1 N–H and O–H groups in total. The fourth-order valence-corrected chi connectivity index (χ4v) is 2.54. The van der Waals surface area contributed by atoms with E-state index in [1.165, 1.54) is 4.80 Å². The number of nitrogens with one attached hydrogen (secondary N) is 1. The van der Waals surface area contributed by atoms with Gasteiger partial charge in [0.2, 0.25) is 11.7 Å². The van der Waals surface area contributed by atoms with Gasteiger partial charge in [-0.1, -0.05) is 41.9 Å². The zero-order valence-corrected chi connectivity index (χ0v) is 14.9. The number of benzene rings is 2. The van der Waals surface area contributed by atoms with Crippen molar-refractivity contribution in [3.63, 3.8) is 0 Å². The largest absolute Gasteiger partial charge is 0.485 e. The van der Waals surface area contributed by atoms with Crippen molar-refractivity contribution in [2.24, 2.45) is 0 Å². The third-order valence-electron chi connectivity index (χ3n) is 3.62. The molecular weight excluding hydrogens is 354 g/mol. The van der Waals surface area contributed by atoms with Crippen LogP contribution in [-0.2, 0) is 17.9 Å². The van der Waals surface area contributed by atoms with Crippen molar-refractivity contribution in [1.82, 2.24) is 25.5 Å². The fourth-order valence-electron chi connectivity index (χ4n) is 2.34. The Morgan fingerprint density at radius 2 is 2.04 bits per heavy atom. The molecule has 1 heterocycles. The minimum atomic E-state index is -0.217. The fraction of sp³-hybridized carbons (Fsp3) is 0.222. The number of hydrogen-bond donors (Lipinski definition) is 1. The van der Waals surface area contributed by atoms with Crippen LogP contribution >= 0.6 is 11.6 Å². The first kappa shape index (κ1) is 17.9. The molecule has 134 valence electrons. The summed E-state index contributed by atoms with van der Waals surface area (Å²) in [6, 6.07) is 16.5. The van der Waals surface area contributed by atoms with Gasteiger partial charge in [0.1, 0.15) is 12.3 Å². The molecule has 0 aliphatic carbocycles. The molecule has 0 saturated heterocycles. The summed E-state index contributed by atoms with van der Waals surface area (Å²) in [7, 11) is 0. The number of aromatic nitrogens is 4. The molecule has 3 rings (SSSR count). The van der Waals surface area contributed by atoms with E-state index in [1.54, 1.807) is 6.07 Å². The number of rotatable bonds is 7. The van der Waals surface area contributed by atoms with Crippen LogP contribution in [0.1, 0.15) is 24.4 Å². The Kier molecular flexibility index (Phi) is 5.80. The second-order valence-corrected chi connectivity index (χ2v) is 6.12. The van der Waals surface area contributed by atoms with E-state index in [4.69, 9.17) is 16.3 Å². The Morgan fingerprint density at radius 3 is 2.81 bits per heavy atom. The maximum Gasteiger partial charge on any atom is 0.244 e. The summed E-state index contributed by atoms with van der Waals surface area (Å²) in [5.74, 6) is 0.909. The molecule has 1 atom stereocenters. The van der Waals surface area contributed by atoms with Crippen LogP contribution in [0.5, 0.6) is 5.75 Å². The van der Waals surface area contributed by atoms with Gasteiger partial charge in [0.05, 0.1) is 6.04 Å². The summed E-state index contributed by atoms with van der Waals surface area (Å²) >= 11 is 5.98. The van der Waals surface area contributed by atoms with Gasteiger partial charge in [0.15, 0.2) is 6.61 Å². The maximum absolute atomic E-state index is 12.2. The first-order chi connectivity index (χ1) is 12.6. The molecule has 7 nitrogen and oxygen atoms in total. The Morgan fingerprint density at radius 1 is 1.23 bits per heavy atom. The minimum Gasteiger partial charge on any atom is -0.485 e. The van der Waals surface area contributed by atoms with E-state index < -0.39 is 0 Å². The van der Waals surface area contributed by atoms with Crippen LogP contribution < -0.4 is 10.1 Å². The number of tetrazole rings is 1. The number of nitrogens with zero attached hydrogens (tertiary/aromatic N) is 4. The van der Waals surface area contributed by atoms with E-state index in [0.29, 0.717) is 10.8 Å². The van der Waals surface area contributed by atoms with Crippen LogP contribution in [-0.4, -0.2) is 26.1 Å². The average molecular weight is 372 g/mol. The van der Waals surface area contributed by atoms with E-state index in [-0.39, 0.29) is 25.1 Å². The molecule has 0 radical (unpaired) electrons. The standard InChI is InChI=1S/C18H18ClN5O2/c1-13(14-6-5-7-15(19)10-14)20-18(25)11-24-22-17(21-23-24)12-26-16-8-3-2-4-9-16/h2-10,13H,11-12H2,1H3,(H,20,25). The topological polar surface area (TPSA) is 81.9 Å². The number of para-hydroxylation sites is 1. The Labute approximate surface area is 155 Å². The van der Waals surface area contributed by atoms with Crippen LogP contribution in [0.3, 0.4) is 0 Å². The molecule has 8 heteroatoms. The molecule has 0 saturated carbocycles. The quantitative estimate of drug-likeness (QED) is 0.690. The van der Waals surface area contributed by atoms with Gasteiger partial charge < -0.3 is 10.1 Å². The predicted octanol–water partition coefficient (Wildman–Crippen LogP) is 2.78. The number of amides is 1. The molecule has 1 amide bonds. The first-order valence-electron chi connectivity index (χ1n) is 8.09. The summed E-state index contributed by atoms with van der Waals surface area (Å²) in [4.78, 5) is 13.4. The van der Waals surface area contributed by atoms with Gasteiger partial charge in [0.25, 0.3) is 0 Å². The van der Waals surface area contributed by atoms with E-state index in [9.17, 15) is 4.79 Å². The van der Waals surface area contributed by atoms with Crippen LogP contribution in [0, 0.1) is 0 Å². The Balaban J connectivity index is 1.51. The number of ether oxygens (including phenoxy) is 1. The second kappa shape index (κ2) is 8.44.